The Balaban J connectivity index is 1.98. The molecule has 110 valence electrons. The molecule has 1 aliphatic heterocycles. The first kappa shape index (κ1) is 14.8. The van der Waals surface area contributed by atoms with E-state index >= 15 is 0 Å². The molecule has 0 radical (unpaired) electrons. The summed E-state index contributed by atoms with van der Waals surface area (Å²) < 4.78 is 5.33. The molecule has 1 saturated carbocycles. The van der Waals surface area contributed by atoms with Crippen molar-refractivity contribution >= 4 is 5.97 Å². The van der Waals surface area contributed by atoms with Crippen molar-refractivity contribution in [2.75, 3.05) is 19.8 Å². The van der Waals surface area contributed by atoms with Crippen molar-refractivity contribution in [3.05, 3.63) is 0 Å². The largest absolute Gasteiger partial charge is 0.480 e. The van der Waals surface area contributed by atoms with Crippen LogP contribution in [0.2, 0.25) is 0 Å². The summed E-state index contributed by atoms with van der Waals surface area (Å²) in [4.78, 5) is 13.5. The normalized spacial score (nSPS) is 34.2. The van der Waals surface area contributed by atoms with Crippen LogP contribution in [0.5, 0.6) is 0 Å². The van der Waals surface area contributed by atoms with Gasteiger partial charge in [-0.3, -0.25) is 9.69 Å². The minimum absolute atomic E-state index is 0.347. The van der Waals surface area contributed by atoms with Gasteiger partial charge >= 0.3 is 5.97 Å². The zero-order valence-electron chi connectivity index (χ0n) is 12.2. The molecule has 3 unspecified atom stereocenters. The fourth-order valence-electron chi connectivity index (χ4n) is 3.58. The minimum Gasteiger partial charge on any atom is -0.480 e. The quantitative estimate of drug-likeness (QED) is 0.799. The van der Waals surface area contributed by atoms with Gasteiger partial charge in [0.05, 0.1) is 13.2 Å². The Morgan fingerprint density at radius 3 is 2.74 bits per heavy atom. The summed E-state index contributed by atoms with van der Waals surface area (Å²) in [6.45, 7) is 6.40. The van der Waals surface area contributed by atoms with E-state index in [9.17, 15) is 9.90 Å². The monoisotopic (exact) mass is 269 g/mol. The van der Waals surface area contributed by atoms with E-state index in [-0.39, 0.29) is 0 Å². The predicted molar refractivity (Wildman–Crippen MR) is 74.1 cm³/mol. The molecule has 0 amide bonds. The lowest BCUT2D eigenvalue weighted by Gasteiger charge is -2.38. The minimum atomic E-state index is -0.732. The zero-order chi connectivity index (χ0) is 13.8. The SMILES string of the molecule is CC(C)C1CCCC(N2CCOCC2C(=O)O)CC1. The van der Waals surface area contributed by atoms with Gasteiger partial charge in [-0.2, -0.15) is 0 Å². The van der Waals surface area contributed by atoms with E-state index in [1.165, 1.54) is 19.3 Å². The van der Waals surface area contributed by atoms with Crippen LogP contribution in [0.3, 0.4) is 0 Å². The highest BCUT2D eigenvalue weighted by Crippen LogP contribution is 2.32. The van der Waals surface area contributed by atoms with E-state index in [1.54, 1.807) is 0 Å². The van der Waals surface area contributed by atoms with Crippen molar-refractivity contribution in [2.24, 2.45) is 11.8 Å². The van der Waals surface area contributed by atoms with Gasteiger partial charge in [-0.25, -0.2) is 0 Å². The van der Waals surface area contributed by atoms with Gasteiger partial charge < -0.3 is 9.84 Å². The molecule has 3 atom stereocenters. The van der Waals surface area contributed by atoms with E-state index in [0.717, 1.165) is 31.2 Å². The molecule has 0 aromatic heterocycles. The molecule has 19 heavy (non-hydrogen) atoms. The second kappa shape index (κ2) is 6.71. The summed E-state index contributed by atoms with van der Waals surface area (Å²) in [6.07, 6.45) is 6.07. The van der Waals surface area contributed by atoms with Crippen LogP contribution in [0.4, 0.5) is 0 Å². The summed E-state index contributed by atoms with van der Waals surface area (Å²) in [7, 11) is 0. The van der Waals surface area contributed by atoms with Gasteiger partial charge in [-0.1, -0.05) is 26.7 Å². The van der Waals surface area contributed by atoms with Crippen LogP contribution in [0.15, 0.2) is 0 Å². The van der Waals surface area contributed by atoms with Crippen LogP contribution in [-0.4, -0.2) is 47.8 Å². The van der Waals surface area contributed by atoms with Crippen LogP contribution in [0.25, 0.3) is 0 Å². The molecule has 4 nitrogen and oxygen atoms in total. The Hall–Kier alpha value is -0.610. The Morgan fingerprint density at radius 1 is 1.26 bits per heavy atom. The summed E-state index contributed by atoms with van der Waals surface area (Å²) in [6, 6.07) is 0.00287. The Morgan fingerprint density at radius 2 is 2.05 bits per heavy atom. The molecule has 2 rings (SSSR count). The van der Waals surface area contributed by atoms with Crippen LogP contribution in [0.1, 0.15) is 46.0 Å². The number of carbonyl (C=O) groups is 1. The van der Waals surface area contributed by atoms with E-state index in [4.69, 9.17) is 4.74 Å². The Kier molecular flexibility index (Phi) is 5.22. The topological polar surface area (TPSA) is 49.8 Å². The second-order valence-corrected chi connectivity index (χ2v) is 6.33. The van der Waals surface area contributed by atoms with Gasteiger partial charge in [0.2, 0.25) is 0 Å². The van der Waals surface area contributed by atoms with Crippen molar-refractivity contribution in [1.29, 1.82) is 0 Å². The van der Waals surface area contributed by atoms with Gasteiger partial charge in [0, 0.05) is 12.6 Å². The molecule has 1 heterocycles. The molecule has 0 bridgehead atoms. The highest BCUT2D eigenvalue weighted by Gasteiger charge is 2.35. The van der Waals surface area contributed by atoms with Gasteiger partial charge in [0.25, 0.3) is 0 Å². The average Bonchev–Trinajstić information content (AvgIpc) is 2.64. The first-order chi connectivity index (χ1) is 9.09. The number of hydrogen-bond acceptors (Lipinski definition) is 3. The lowest BCUT2D eigenvalue weighted by atomic mass is 9.89. The molecule has 4 heteroatoms. The first-order valence-corrected chi connectivity index (χ1v) is 7.66. The molecular weight excluding hydrogens is 242 g/mol. The predicted octanol–water partition coefficient (Wildman–Crippen LogP) is 2.38. The zero-order valence-corrected chi connectivity index (χ0v) is 12.2. The number of ether oxygens (including phenoxy) is 1. The average molecular weight is 269 g/mol. The van der Waals surface area contributed by atoms with Gasteiger partial charge in [-0.15, -0.1) is 0 Å². The smallest absolute Gasteiger partial charge is 0.323 e. The van der Waals surface area contributed by atoms with E-state index in [2.05, 4.69) is 18.7 Å². The fraction of sp³-hybridized carbons (Fsp3) is 0.933. The second-order valence-electron chi connectivity index (χ2n) is 6.33. The maximum Gasteiger partial charge on any atom is 0.323 e. The highest BCUT2D eigenvalue weighted by molar-refractivity contribution is 5.73. The summed E-state index contributed by atoms with van der Waals surface area (Å²) >= 11 is 0. The maximum absolute atomic E-state index is 11.3. The van der Waals surface area contributed by atoms with Gasteiger partial charge in [-0.05, 0) is 31.1 Å². The third kappa shape index (κ3) is 3.69. The lowest BCUT2D eigenvalue weighted by Crippen LogP contribution is -2.54. The van der Waals surface area contributed by atoms with Crippen LogP contribution >= 0.6 is 0 Å². The van der Waals surface area contributed by atoms with E-state index < -0.39 is 12.0 Å². The maximum atomic E-state index is 11.3. The third-order valence-corrected chi connectivity index (χ3v) is 4.85. The Labute approximate surface area is 116 Å². The van der Waals surface area contributed by atoms with E-state index in [1.807, 2.05) is 0 Å². The number of nitrogens with zero attached hydrogens (tertiary/aromatic N) is 1. The number of carboxylic acids is 1. The summed E-state index contributed by atoms with van der Waals surface area (Å²) in [5.41, 5.74) is 0. The Bertz CT molecular complexity index is 306. The van der Waals surface area contributed by atoms with Crippen molar-refractivity contribution in [3.8, 4) is 0 Å². The number of aliphatic carboxylic acids is 1. The number of rotatable bonds is 3. The highest BCUT2D eigenvalue weighted by atomic mass is 16.5. The number of hydrogen-bond donors (Lipinski definition) is 1. The van der Waals surface area contributed by atoms with Gasteiger partial charge in [0.1, 0.15) is 6.04 Å². The molecule has 1 N–H and O–H groups in total. The van der Waals surface area contributed by atoms with Gasteiger partial charge in [0.15, 0.2) is 0 Å². The molecule has 0 aromatic rings. The van der Waals surface area contributed by atoms with Crippen molar-refractivity contribution in [2.45, 2.75) is 58.0 Å². The van der Waals surface area contributed by atoms with Crippen LogP contribution in [-0.2, 0) is 9.53 Å². The van der Waals surface area contributed by atoms with E-state index in [0.29, 0.717) is 19.3 Å². The molecule has 0 spiro atoms. The molecule has 0 aromatic carbocycles. The van der Waals surface area contributed by atoms with Crippen molar-refractivity contribution in [1.82, 2.24) is 4.90 Å². The summed E-state index contributed by atoms with van der Waals surface area (Å²) in [5, 5.41) is 9.33. The summed E-state index contributed by atoms with van der Waals surface area (Å²) in [5.74, 6) is 0.831. The number of carboxylic acid groups (broad SMARTS) is 1. The fourth-order valence-corrected chi connectivity index (χ4v) is 3.58. The molecular formula is C15H27NO3. The number of morpholine rings is 1. The first-order valence-electron chi connectivity index (χ1n) is 7.66. The van der Waals surface area contributed by atoms with Crippen LogP contribution < -0.4 is 0 Å². The third-order valence-electron chi connectivity index (χ3n) is 4.85. The molecule has 2 aliphatic rings. The van der Waals surface area contributed by atoms with Crippen molar-refractivity contribution in [3.63, 3.8) is 0 Å². The molecule has 1 aliphatic carbocycles. The van der Waals surface area contributed by atoms with Crippen molar-refractivity contribution < 1.29 is 14.6 Å². The molecule has 2 fully saturated rings. The standard InChI is InChI=1S/C15H27NO3/c1-11(2)12-4-3-5-13(7-6-12)16-8-9-19-10-14(16)15(17)18/h11-14H,3-10H2,1-2H3,(H,17,18). The molecule has 1 saturated heterocycles. The van der Waals surface area contributed by atoms with Crippen LogP contribution in [0, 0.1) is 11.8 Å². The lowest BCUT2D eigenvalue weighted by molar-refractivity contribution is -0.151.